The fraction of sp³-hybridized carbons (Fsp3) is 0. The minimum Gasteiger partial charge on any atom is -0.144 e. The average molecular weight is 543 g/mol. The molecule has 7 aromatic carbocycles. The second-order valence-corrected chi connectivity index (χ2v) is 12.5. The largest absolute Gasteiger partial charge is 0.144 e. The molecule has 0 saturated heterocycles. The van der Waals surface area contributed by atoms with Crippen LogP contribution in [0.4, 0.5) is 0 Å². The smallest absolute Gasteiger partial charge is 0.0369 e. The lowest BCUT2D eigenvalue weighted by atomic mass is 9.84. The Hall–Kier alpha value is -4.50. The topological polar surface area (TPSA) is 0 Å². The van der Waals surface area contributed by atoms with Gasteiger partial charge in [0, 0.05) is 24.9 Å². The van der Waals surface area contributed by atoms with Crippen LogP contribution in [0, 0.1) is 0 Å². The SMILES string of the molecule is c1ccc2c(-c3c4ccccc4c(-c4ccc5sc6cc7sccc7cc6c5c4)c4ccccc34)cccc2c1. The monoisotopic (exact) mass is 542 g/mol. The summed E-state index contributed by atoms with van der Waals surface area (Å²) >= 11 is 3.72. The molecular formula is C38H22S2. The van der Waals surface area contributed by atoms with Crippen molar-refractivity contribution < 1.29 is 0 Å². The molecule has 0 aliphatic heterocycles. The molecule has 0 nitrogen and oxygen atoms in total. The lowest BCUT2D eigenvalue weighted by Gasteiger charge is -2.19. The van der Waals surface area contributed by atoms with Crippen LogP contribution in [-0.4, -0.2) is 0 Å². The van der Waals surface area contributed by atoms with Gasteiger partial charge in [0.2, 0.25) is 0 Å². The predicted octanol–water partition coefficient (Wildman–Crippen LogP) is 12.1. The Morgan fingerprint density at radius 3 is 1.80 bits per heavy atom. The Morgan fingerprint density at radius 1 is 0.375 bits per heavy atom. The third kappa shape index (κ3) is 3.18. The second kappa shape index (κ2) is 8.50. The number of benzene rings is 7. The second-order valence-electron chi connectivity index (χ2n) is 10.5. The summed E-state index contributed by atoms with van der Waals surface area (Å²) in [5.74, 6) is 0. The fourth-order valence-electron chi connectivity index (χ4n) is 6.56. The van der Waals surface area contributed by atoms with Crippen LogP contribution in [0.3, 0.4) is 0 Å². The third-order valence-corrected chi connectivity index (χ3v) is 10.3. The summed E-state index contributed by atoms with van der Waals surface area (Å²) < 4.78 is 4.07. The molecule has 0 bridgehead atoms. The zero-order valence-electron chi connectivity index (χ0n) is 21.5. The first-order valence-electron chi connectivity index (χ1n) is 13.6. The number of thiophene rings is 2. The van der Waals surface area contributed by atoms with E-state index < -0.39 is 0 Å². The van der Waals surface area contributed by atoms with Crippen molar-refractivity contribution in [3.8, 4) is 22.3 Å². The van der Waals surface area contributed by atoms with Crippen LogP contribution < -0.4 is 0 Å². The molecule has 0 N–H and O–H groups in total. The van der Waals surface area contributed by atoms with Gasteiger partial charge >= 0.3 is 0 Å². The minimum absolute atomic E-state index is 1.27. The maximum Gasteiger partial charge on any atom is 0.0369 e. The molecule has 9 rings (SSSR count). The van der Waals surface area contributed by atoms with Crippen LogP contribution >= 0.6 is 22.7 Å². The minimum atomic E-state index is 1.27. The molecule has 2 heteroatoms. The zero-order valence-corrected chi connectivity index (χ0v) is 23.2. The highest BCUT2D eigenvalue weighted by Crippen LogP contribution is 2.46. The van der Waals surface area contributed by atoms with E-state index in [9.17, 15) is 0 Å². The van der Waals surface area contributed by atoms with Gasteiger partial charge in [-0.15, -0.1) is 22.7 Å². The summed E-state index contributed by atoms with van der Waals surface area (Å²) in [6.07, 6.45) is 0. The van der Waals surface area contributed by atoms with Crippen LogP contribution in [0.15, 0.2) is 133 Å². The standard InChI is InChI=1S/C38H22S2/c1-2-10-26-23(8-1)9-7-15-27(26)38-30-13-5-3-11-28(30)37(29-12-4-6-14-31(29)38)25-16-17-34-32(21-25)33-20-24-18-19-39-35(24)22-36(33)40-34/h1-22H. The van der Waals surface area contributed by atoms with E-state index in [0.717, 1.165) is 0 Å². The van der Waals surface area contributed by atoms with Crippen LogP contribution in [0.5, 0.6) is 0 Å². The molecule has 0 amide bonds. The summed E-state index contributed by atoms with van der Waals surface area (Å²) in [6.45, 7) is 0. The van der Waals surface area contributed by atoms with Gasteiger partial charge in [-0.25, -0.2) is 0 Å². The molecule has 0 saturated carbocycles. The Kier molecular flexibility index (Phi) is 4.74. The van der Waals surface area contributed by atoms with Gasteiger partial charge < -0.3 is 0 Å². The molecule has 0 fully saturated rings. The van der Waals surface area contributed by atoms with Crippen LogP contribution in [0.1, 0.15) is 0 Å². The van der Waals surface area contributed by atoms with Crippen molar-refractivity contribution >= 4 is 85.2 Å². The van der Waals surface area contributed by atoms with E-state index in [4.69, 9.17) is 0 Å². The predicted molar refractivity (Wildman–Crippen MR) is 178 cm³/mol. The Balaban J connectivity index is 1.40. The van der Waals surface area contributed by atoms with Crippen molar-refractivity contribution in [2.75, 3.05) is 0 Å². The van der Waals surface area contributed by atoms with Crippen molar-refractivity contribution in [2.45, 2.75) is 0 Å². The van der Waals surface area contributed by atoms with Gasteiger partial charge in [-0.1, -0.05) is 97.1 Å². The molecular weight excluding hydrogens is 521 g/mol. The van der Waals surface area contributed by atoms with Crippen molar-refractivity contribution in [3.63, 3.8) is 0 Å². The van der Waals surface area contributed by atoms with Crippen molar-refractivity contribution in [3.05, 3.63) is 133 Å². The number of hydrogen-bond donors (Lipinski definition) is 0. The highest BCUT2D eigenvalue weighted by molar-refractivity contribution is 7.26. The molecule has 0 aliphatic carbocycles. The van der Waals surface area contributed by atoms with Crippen LogP contribution in [0.25, 0.3) is 84.8 Å². The van der Waals surface area contributed by atoms with Crippen molar-refractivity contribution in [1.82, 2.24) is 0 Å². The van der Waals surface area contributed by atoms with Gasteiger partial charge in [0.15, 0.2) is 0 Å². The molecule has 2 aromatic heterocycles. The third-order valence-electron chi connectivity index (χ3n) is 8.32. The van der Waals surface area contributed by atoms with Crippen LogP contribution in [-0.2, 0) is 0 Å². The summed E-state index contributed by atoms with van der Waals surface area (Å²) in [6, 6.07) is 47.4. The van der Waals surface area contributed by atoms with E-state index in [1.54, 1.807) is 0 Å². The normalized spacial score (nSPS) is 12.0. The van der Waals surface area contributed by atoms with E-state index >= 15 is 0 Å². The summed E-state index contributed by atoms with van der Waals surface area (Å²) in [5.41, 5.74) is 5.19. The molecule has 40 heavy (non-hydrogen) atoms. The van der Waals surface area contributed by atoms with Gasteiger partial charge in [0.25, 0.3) is 0 Å². The molecule has 0 aliphatic rings. The average Bonchev–Trinajstić information content (AvgIpc) is 3.61. The molecule has 0 unspecified atom stereocenters. The van der Waals surface area contributed by atoms with Gasteiger partial charge in [0.1, 0.15) is 0 Å². The maximum absolute atomic E-state index is 2.43. The first-order valence-corrected chi connectivity index (χ1v) is 15.3. The maximum atomic E-state index is 2.43. The zero-order chi connectivity index (χ0) is 26.2. The lowest BCUT2D eigenvalue weighted by molar-refractivity contribution is 1.69. The lowest BCUT2D eigenvalue weighted by Crippen LogP contribution is -1.91. The highest BCUT2D eigenvalue weighted by Gasteiger charge is 2.18. The highest BCUT2D eigenvalue weighted by atomic mass is 32.1. The van der Waals surface area contributed by atoms with E-state index in [1.807, 2.05) is 22.7 Å². The van der Waals surface area contributed by atoms with Gasteiger partial charge in [-0.05, 0) is 95.7 Å². The van der Waals surface area contributed by atoms with Crippen molar-refractivity contribution in [2.24, 2.45) is 0 Å². The van der Waals surface area contributed by atoms with E-state index in [0.29, 0.717) is 0 Å². The first-order chi connectivity index (χ1) is 19.8. The summed E-state index contributed by atoms with van der Waals surface area (Å²) in [5, 5.41) is 14.0. The summed E-state index contributed by atoms with van der Waals surface area (Å²) in [4.78, 5) is 0. The molecule has 2 heterocycles. The van der Waals surface area contributed by atoms with Gasteiger partial charge in [-0.3, -0.25) is 0 Å². The van der Waals surface area contributed by atoms with Gasteiger partial charge in [-0.2, -0.15) is 0 Å². The van der Waals surface area contributed by atoms with Crippen LogP contribution in [0.2, 0.25) is 0 Å². The number of fused-ring (bicyclic) bond motifs is 7. The molecule has 9 aromatic rings. The summed E-state index contributed by atoms with van der Waals surface area (Å²) in [7, 11) is 0. The quantitative estimate of drug-likeness (QED) is 0.191. The Bertz CT molecular complexity index is 2370. The van der Waals surface area contributed by atoms with E-state index in [1.165, 1.54) is 84.8 Å². The fourth-order valence-corrected chi connectivity index (χ4v) is 8.55. The Labute approximate surface area is 239 Å². The molecule has 0 spiro atoms. The van der Waals surface area contributed by atoms with Crippen molar-refractivity contribution in [1.29, 1.82) is 0 Å². The van der Waals surface area contributed by atoms with E-state index in [2.05, 4.69) is 133 Å². The van der Waals surface area contributed by atoms with Gasteiger partial charge in [0.05, 0.1) is 0 Å². The first kappa shape index (κ1) is 22.3. The Morgan fingerprint density at radius 2 is 1.02 bits per heavy atom. The molecule has 0 radical (unpaired) electrons. The van der Waals surface area contributed by atoms with E-state index in [-0.39, 0.29) is 0 Å². The number of rotatable bonds is 2. The molecule has 186 valence electrons. The molecule has 0 atom stereocenters. The number of hydrogen-bond acceptors (Lipinski definition) is 2.